The molecule has 0 radical (unpaired) electrons. The van der Waals surface area contributed by atoms with Gasteiger partial charge in [-0.3, -0.25) is 0 Å². The second-order valence-electron chi connectivity index (χ2n) is 4.85. The van der Waals surface area contributed by atoms with Crippen LogP contribution in [0.2, 0.25) is 0 Å². The van der Waals surface area contributed by atoms with Crippen LogP contribution < -0.4 is 4.74 Å². The number of carbonyl (C=O) groups excluding carboxylic acids is 2. The number of carbonyl (C=O) groups is 2. The van der Waals surface area contributed by atoms with Crippen molar-refractivity contribution in [2.24, 2.45) is 0 Å². The number of benzene rings is 2. The molecule has 0 amide bonds. The Bertz CT molecular complexity index is 704. The molecule has 0 aliphatic carbocycles. The van der Waals surface area contributed by atoms with Crippen molar-refractivity contribution in [3.8, 4) is 5.75 Å². The molecule has 0 aliphatic rings. The fraction of sp³-hybridized carbons (Fsp3) is 0.158. The lowest BCUT2D eigenvalue weighted by Gasteiger charge is -2.12. The summed E-state index contributed by atoms with van der Waals surface area (Å²) < 4.78 is 15.0. The summed E-state index contributed by atoms with van der Waals surface area (Å²) in [5.41, 5.74) is 1.20. The van der Waals surface area contributed by atoms with E-state index in [1.165, 1.54) is 20.3 Å². The van der Waals surface area contributed by atoms with E-state index in [1.54, 1.807) is 30.3 Å². The topological polar surface area (TPSA) is 61.8 Å². The number of hydrogen-bond acceptors (Lipinski definition) is 5. The maximum Gasteiger partial charge on any atom is 0.351 e. The summed E-state index contributed by atoms with van der Waals surface area (Å²) in [6, 6.07) is 15.8. The predicted octanol–water partition coefficient (Wildman–Crippen LogP) is 3.11. The Kier molecular flexibility index (Phi) is 6.14. The van der Waals surface area contributed by atoms with Gasteiger partial charge < -0.3 is 14.2 Å². The molecule has 24 heavy (non-hydrogen) atoms. The van der Waals surface area contributed by atoms with Crippen molar-refractivity contribution in [2.45, 2.75) is 6.10 Å². The molecule has 5 nitrogen and oxygen atoms in total. The van der Waals surface area contributed by atoms with E-state index >= 15 is 0 Å². The summed E-state index contributed by atoms with van der Waals surface area (Å²) in [6.45, 7) is 0. The largest absolute Gasteiger partial charge is 0.497 e. The molecule has 0 aromatic heterocycles. The fourth-order valence-electron chi connectivity index (χ4n) is 1.96. The molecule has 0 aliphatic heterocycles. The lowest BCUT2D eigenvalue weighted by Crippen LogP contribution is -2.26. The fourth-order valence-corrected chi connectivity index (χ4v) is 1.96. The summed E-state index contributed by atoms with van der Waals surface area (Å²) in [5, 5.41) is 0. The number of rotatable bonds is 6. The van der Waals surface area contributed by atoms with Crippen molar-refractivity contribution in [1.29, 1.82) is 0 Å². The molecule has 2 aromatic rings. The average molecular weight is 326 g/mol. The van der Waals surface area contributed by atoms with E-state index in [-0.39, 0.29) is 0 Å². The zero-order valence-corrected chi connectivity index (χ0v) is 13.5. The van der Waals surface area contributed by atoms with Crippen LogP contribution in [0.4, 0.5) is 0 Å². The van der Waals surface area contributed by atoms with Crippen molar-refractivity contribution >= 4 is 18.0 Å². The van der Waals surface area contributed by atoms with Crippen LogP contribution in [-0.4, -0.2) is 32.3 Å². The summed E-state index contributed by atoms with van der Waals surface area (Å²) >= 11 is 0. The minimum atomic E-state index is -1.12. The Labute approximate surface area is 140 Å². The molecule has 124 valence electrons. The van der Waals surface area contributed by atoms with E-state index in [0.717, 1.165) is 5.56 Å². The van der Waals surface area contributed by atoms with Gasteiger partial charge in [0.2, 0.25) is 6.10 Å². The van der Waals surface area contributed by atoms with Crippen LogP contribution in [0.3, 0.4) is 0 Å². The summed E-state index contributed by atoms with van der Waals surface area (Å²) in [5.74, 6) is -0.644. The van der Waals surface area contributed by atoms with Crippen LogP contribution in [0.5, 0.6) is 5.75 Å². The number of methoxy groups -OCH3 is 2. The molecule has 0 bridgehead atoms. The number of ether oxygens (including phenoxy) is 3. The van der Waals surface area contributed by atoms with Gasteiger partial charge in [-0.2, -0.15) is 0 Å². The van der Waals surface area contributed by atoms with Crippen LogP contribution in [0.25, 0.3) is 6.08 Å². The number of hydrogen-bond donors (Lipinski definition) is 0. The maximum absolute atomic E-state index is 12.2. The van der Waals surface area contributed by atoms with Crippen molar-refractivity contribution in [3.63, 3.8) is 0 Å². The maximum atomic E-state index is 12.2. The van der Waals surface area contributed by atoms with Gasteiger partial charge in [-0.15, -0.1) is 0 Å². The quantitative estimate of drug-likeness (QED) is 0.763. The summed E-state index contributed by atoms with van der Waals surface area (Å²) in [7, 11) is 2.78. The highest BCUT2D eigenvalue weighted by Gasteiger charge is 2.21. The molecule has 0 heterocycles. The summed E-state index contributed by atoms with van der Waals surface area (Å²) in [4.78, 5) is 24.0. The third-order valence-corrected chi connectivity index (χ3v) is 3.26. The summed E-state index contributed by atoms with van der Waals surface area (Å²) in [6.07, 6.45) is 2.07. The minimum Gasteiger partial charge on any atom is -0.497 e. The van der Waals surface area contributed by atoms with Gasteiger partial charge >= 0.3 is 11.9 Å². The van der Waals surface area contributed by atoms with E-state index in [4.69, 9.17) is 9.47 Å². The lowest BCUT2D eigenvalue weighted by molar-refractivity contribution is -0.148. The highest BCUT2D eigenvalue weighted by atomic mass is 16.6. The van der Waals surface area contributed by atoms with E-state index in [9.17, 15) is 9.59 Å². The molecule has 0 unspecified atom stereocenters. The van der Waals surface area contributed by atoms with Gasteiger partial charge in [-0.1, -0.05) is 36.4 Å². The Morgan fingerprint density at radius 2 is 1.62 bits per heavy atom. The van der Waals surface area contributed by atoms with Gasteiger partial charge in [-0.25, -0.2) is 9.59 Å². The zero-order chi connectivity index (χ0) is 17.4. The number of esters is 2. The highest BCUT2D eigenvalue weighted by Crippen LogP contribution is 2.14. The van der Waals surface area contributed by atoms with Crippen LogP contribution in [0, 0.1) is 0 Å². The van der Waals surface area contributed by atoms with Gasteiger partial charge in [0, 0.05) is 0 Å². The SMILES string of the molecule is COC(=O)[C@@H](/C=C/c1ccccc1)OC(=O)c1ccc(OC)cc1. The second-order valence-corrected chi connectivity index (χ2v) is 4.85. The Morgan fingerprint density at radius 3 is 2.21 bits per heavy atom. The van der Waals surface area contributed by atoms with Crippen LogP contribution in [0.15, 0.2) is 60.7 Å². The molecule has 0 N–H and O–H groups in total. The third kappa shape index (κ3) is 4.71. The van der Waals surface area contributed by atoms with E-state index < -0.39 is 18.0 Å². The normalized spacial score (nSPS) is 11.8. The van der Waals surface area contributed by atoms with Crippen LogP contribution >= 0.6 is 0 Å². The van der Waals surface area contributed by atoms with Crippen molar-refractivity contribution in [3.05, 3.63) is 71.8 Å². The monoisotopic (exact) mass is 326 g/mol. The zero-order valence-electron chi connectivity index (χ0n) is 13.5. The smallest absolute Gasteiger partial charge is 0.351 e. The molecule has 2 rings (SSSR count). The Hall–Kier alpha value is -3.08. The van der Waals surface area contributed by atoms with Crippen LogP contribution in [-0.2, 0) is 14.3 Å². The first kappa shape index (κ1) is 17.3. The molecule has 0 saturated carbocycles. The van der Waals surface area contributed by atoms with E-state index in [2.05, 4.69) is 4.74 Å². The molecular formula is C19H18O5. The molecular weight excluding hydrogens is 308 g/mol. The van der Waals surface area contributed by atoms with Gasteiger partial charge in [0.05, 0.1) is 19.8 Å². The van der Waals surface area contributed by atoms with Crippen molar-refractivity contribution in [2.75, 3.05) is 14.2 Å². The van der Waals surface area contributed by atoms with Gasteiger partial charge in [0.25, 0.3) is 0 Å². The van der Waals surface area contributed by atoms with Gasteiger partial charge in [0.1, 0.15) is 5.75 Å². The molecule has 0 spiro atoms. The Balaban J connectivity index is 2.11. The van der Waals surface area contributed by atoms with Crippen molar-refractivity contribution in [1.82, 2.24) is 0 Å². The first-order valence-corrected chi connectivity index (χ1v) is 7.30. The molecule has 0 saturated heterocycles. The standard InChI is InChI=1S/C19H18O5/c1-22-16-11-9-15(10-12-16)18(20)24-17(19(21)23-2)13-8-14-6-4-3-5-7-14/h3-13,17H,1-2H3/b13-8+/t17-/m1/s1. The molecule has 0 fully saturated rings. The van der Waals surface area contributed by atoms with Gasteiger partial charge in [-0.05, 0) is 35.9 Å². The van der Waals surface area contributed by atoms with Gasteiger partial charge in [0.15, 0.2) is 0 Å². The lowest BCUT2D eigenvalue weighted by atomic mass is 10.2. The first-order chi connectivity index (χ1) is 11.6. The van der Waals surface area contributed by atoms with Crippen molar-refractivity contribution < 1.29 is 23.8 Å². The predicted molar refractivity (Wildman–Crippen MR) is 89.7 cm³/mol. The highest BCUT2D eigenvalue weighted by molar-refractivity contribution is 5.92. The Morgan fingerprint density at radius 1 is 0.958 bits per heavy atom. The average Bonchev–Trinajstić information content (AvgIpc) is 2.65. The molecule has 5 heteroatoms. The third-order valence-electron chi connectivity index (χ3n) is 3.26. The minimum absolute atomic E-state index is 0.317. The second kappa shape index (κ2) is 8.53. The van der Waals surface area contributed by atoms with E-state index in [0.29, 0.717) is 11.3 Å². The van der Waals surface area contributed by atoms with Crippen LogP contribution in [0.1, 0.15) is 15.9 Å². The van der Waals surface area contributed by atoms with E-state index in [1.807, 2.05) is 30.3 Å². The molecule has 1 atom stereocenters. The molecule has 2 aromatic carbocycles. The first-order valence-electron chi connectivity index (χ1n) is 7.30.